The molecule has 27 heavy (non-hydrogen) atoms. The lowest BCUT2D eigenvalue weighted by Crippen LogP contribution is -2.48. The Bertz CT molecular complexity index is 587. The summed E-state index contributed by atoms with van der Waals surface area (Å²) in [6.45, 7) is 3.87. The number of hydrogen-bond acceptors (Lipinski definition) is 8. The van der Waals surface area contributed by atoms with Crippen LogP contribution in [0.1, 0.15) is 39.5 Å². The van der Waals surface area contributed by atoms with E-state index in [0.717, 1.165) is 29.5 Å². The molecule has 1 rings (SSSR count). The number of nitrogens with one attached hydrogen (secondary N) is 3. The van der Waals surface area contributed by atoms with Crippen molar-refractivity contribution < 1.29 is 24.0 Å². The first-order chi connectivity index (χ1) is 12.8. The Morgan fingerprint density at radius 1 is 1.33 bits per heavy atom. The van der Waals surface area contributed by atoms with Crippen LogP contribution >= 0.6 is 24.4 Å². The maximum Gasteiger partial charge on any atom is 0.243 e. The average Bonchev–Trinajstić information content (AvgIpc) is 2.87. The quantitative estimate of drug-likeness (QED) is 0.156. The number of hydrazine groups is 1. The first kappa shape index (κ1) is 23.4. The van der Waals surface area contributed by atoms with Crippen molar-refractivity contribution in [2.45, 2.75) is 50.8 Å². The van der Waals surface area contributed by atoms with Crippen LogP contribution in [0, 0.1) is 0 Å². The standard InChI is InChI=1S/C16H26N4O5S2/c1-3-4-6-17-13(22)5-7-20-14(23)8-12(15(20)24)27-16(25)11(9-26)19-18-10(2)21/h11-12,19,26H,3-9H2,1-2H3,(H,17,22)(H,18,21)/t11-,12?/m1/s1. The lowest BCUT2D eigenvalue weighted by Gasteiger charge is -2.17. The second-order valence-electron chi connectivity index (χ2n) is 6.03. The van der Waals surface area contributed by atoms with Gasteiger partial charge in [-0.1, -0.05) is 25.1 Å². The van der Waals surface area contributed by atoms with E-state index in [9.17, 15) is 24.0 Å². The van der Waals surface area contributed by atoms with Gasteiger partial charge in [0.25, 0.3) is 0 Å². The SMILES string of the molecule is CCCCNC(=O)CCN1C(=O)CC(SC(=O)[C@@H](CS)NNC(C)=O)C1=O. The van der Waals surface area contributed by atoms with Crippen LogP contribution in [0.15, 0.2) is 0 Å². The molecule has 0 aromatic carbocycles. The molecule has 0 spiro atoms. The highest BCUT2D eigenvalue weighted by Gasteiger charge is 2.41. The minimum atomic E-state index is -0.824. The molecule has 0 radical (unpaired) electrons. The van der Waals surface area contributed by atoms with E-state index in [1.807, 2.05) is 6.92 Å². The van der Waals surface area contributed by atoms with E-state index in [-0.39, 0.29) is 37.0 Å². The molecule has 3 N–H and O–H groups in total. The number of imide groups is 1. The summed E-state index contributed by atoms with van der Waals surface area (Å²) in [6, 6.07) is -0.788. The van der Waals surface area contributed by atoms with Gasteiger partial charge in [-0.25, -0.2) is 5.43 Å². The number of carbonyl (C=O) groups excluding carboxylic acids is 5. The monoisotopic (exact) mass is 418 g/mol. The molecule has 1 aliphatic heterocycles. The molecule has 1 saturated heterocycles. The van der Waals surface area contributed by atoms with Crippen LogP contribution in [-0.2, 0) is 24.0 Å². The number of carbonyl (C=O) groups is 5. The smallest absolute Gasteiger partial charge is 0.243 e. The summed E-state index contributed by atoms with van der Waals surface area (Å²) in [7, 11) is 0. The van der Waals surface area contributed by atoms with E-state index in [0.29, 0.717) is 6.54 Å². The van der Waals surface area contributed by atoms with E-state index in [1.54, 1.807) is 0 Å². The molecule has 0 bridgehead atoms. The molecule has 9 nitrogen and oxygen atoms in total. The molecule has 0 aromatic heterocycles. The fourth-order valence-electron chi connectivity index (χ4n) is 2.28. The Balaban J connectivity index is 2.51. The number of nitrogens with zero attached hydrogens (tertiary/aromatic N) is 1. The second-order valence-corrected chi connectivity index (χ2v) is 7.60. The first-order valence-corrected chi connectivity index (χ1v) is 10.3. The number of hydrogen-bond donors (Lipinski definition) is 4. The Hall–Kier alpha value is -1.59. The van der Waals surface area contributed by atoms with Gasteiger partial charge in [0.05, 0.1) is 0 Å². The molecule has 152 valence electrons. The summed E-state index contributed by atoms with van der Waals surface area (Å²) in [5.41, 5.74) is 4.84. The zero-order valence-corrected chi connectivity index (χ0v) is 17.2. The van der Waals surface area contributed by atoms with Crippen molar-refractivity contribution in [2.75, 3.05) is 18.8 Å². The minimum Gasteiger partial charge on any atom is -0.356 e. The Labute approximate surface area is 168 Å². The summed E-state index contributed by atoms with van der Waals surface area (Å²) in [6.07, 6.45) is 1.77. The molecular weight excluding hydrogens is 392 g/mol. The molecule has 0 saturated carbocycles. The largest absolute Gasteiger partial charge is 0.356 e. The van der Waals surface area contributed by atoms with Gasteiger partial charge >= 0.3 is 0 Å². The third-order valence-electron chi connectivity index (χ3n) is 3.77. The summed E-state index contributed by atoms with van der Waals surface area (Å²) in [5, 5.41) is 1.50. The van der Waals surface area contributed by atoms with Crippen molar-refractivity contribution in [3.05, 3.63) is 0 Å². The molecule has 1 fully saturated rings. The average molecular weight is 419 g/mol. The molecule has 0 aromatic rings. The molecular formula is C16H26N4O5S2. The zero-order valence-electron chi connectivity index (χ0n) is 15.4. The number of rotatable bonds is 11. The highest BCUT2D eigenvalue weighted by Crippen LogP contribution is 2.26. The van der Waals surface area contributed by atoms with Gasteiger partial charge in [0.2, 0.25) is 28.7 Å². The number of unbranched alkanes of at least 4 members (excludes halogenated alkanes) is 1. The van der Waals surface area contributed by atoms with Crippen LogP contribution in [-0.4, -0.2) is 63.8 Å². The molecule has 4 amide bonds. The van der Waals surface area contributed by atoms with Crippen LogP contribution < -0.4 is 16.2 Å². The van der Waals surface area contributed by atoms with Gasteiger partial charge in [0.15, 0.2) is 0 Å². The van der Waals surface area contributed by atoms with E-state index in [1.165, 1.54) is 6.92 Å². The van der Waals surface area contributed by atoms with Crippen LogP contribution in [0.4, 0.5) is 0 Å². The number of likely N-dealkylation sites (tertiary alicyclic amines) is 1. The number of thioether (sulfide) groups is 1. The number of amides is 4. The van der Waals surface area contributed by atoms with Gasteiger partial charge in [-0.3, -0.25) is 34.3 Å². The third-order valence-corrected chi connectivity index (χ3v) is 5.30. The van der Waals surface area contributed by atoms with Crippen molar-refractivity contribution in [3.63, 3.8) is 0 Å². The van der Waals surface area contributed by atoms with Crippen LogP contribution in [0.3, 0.4) is 0 Å². The molecule has 1 aliphatic rings. The fraction of sp³-hybridized carbons (Fsp3) is 0.688. The van der Waals surface area contributed by atoms with E-state index >= 15 is 0 Å². The lowest BCUT2D eigenvalue weighted by molar-refractivity contribution is -0.138. The van der Waals surface area contributed by atoms with Crippen molar-refractivity contribution in [2.24, 2.45) is 0 Å². The Morgan fingerprint density at radius 2 is 2.04 bits per heavy atom. The first-order valence-electron chi connectivity index (χ1n) is 8.74. The maximum absolute atomic E-state index is 12.4. The van der Waals surface area contributed by atoms with Gasteiger partial charge in [-0.2, -0.15) is 12.6 Å². The summed E-state index contributed by atoms with van der Waals surface area (Å²) in [4.78, 5) is 60.4. The predicted octanol–water partition coefficient (Wildman–Crippen LogP) is -0.381. The van der Waals surface area contributed by atoms with Gasteiger partial charge in [-0.05, 0) is 6.42 Å². The second kappa shape index (κ2) is 12.0. The molecule has 0 aliphatic carbocycles. The topological polar surface area (TPSA) is 125 Å². The number of thiol groups is 1. The molecule has 11 heteroatoms. The van der Waals surface area contributed by atoms with Crippen LogP contribution in [0.2, 0.25) is 0 Å². The summed E-state index contributed by atoms with van der Waals surface area (Å²) in [5.74, 6) is -1.34. The van der Waals surface area contributed by atoms with Crippen LogP contribution in [0.5, 0.6) is 0 Å². The van der Waals surface area contributed by atoms with E-state index in [2.05, 4.69) is 28.8 Å². The normalized spacial score (nSPS) is 17.7. The Kier molecular flexibility index (Phi) is 10.4. The van der Waals surface area contributed by atoms with E-state index < -0.39 is 28.2 Å². The predicted molar refractivity (Wildman–Crippen MR) is 105 cm³/mol. The van der Waals surface area contributed by atoms with Crippen molar-refractivity contribution in [1.29, 1.82) is 0 Å². The fourth-order valence-corrected chi connectivity index (χ4v) is 3.70. The highest BCUT2D eigenvalue weighted by atomic mass is 32.2. The van der Waals surface area contributed by atoms with Gasteiger partial charge in [-0.15, -0.1) is 0 Å². The summed E-state index contributed by atoms with van der Waals surface area (Å²) < 4.78 is 0. The zero-order chi connectivity index (χ0) is 20.4. The molecule has 1 unspecified atom stereocenters. The van der Waals surface area contributed by atoms with Crippen LogP contribution in [0.25, 0.3) is 0 Å². The third kappa shape index (κ3) is 7.89. The van der Waals surface area contributed by atoms with Gasteiger partial charge < -0.3 is 5.32 Å². The van der Waals surface area contributed by atoms with Crippen molar-refractivity contribution in [1.82, 2.24) is 21.1 Å². The minimum absolute atomic E-state index is 0.00101. The van der Waals surface area contributed by atoms with E-state index in [4.69, 9.17) is 0 Å². The Morgan fingerprint density at radius 3 is 2.63 bits per heavy atom. The molecule has 2 atom stereocenters. The lowest BCUT2D eigenvalue weighted by atomic mass is 10.3. The highest BCUT2D eigenvalue weighted by molar-refractivity contribution is 8.15. The van der Waals surface area contributed by atoms with Gasteiger partial charge in [0.1, 0.15) is 11.3 Å². The van der Waals surface area contributed by atoms with Crippen molar-refractivity contribution >= 4 is 53.1 Å². The summed E-state index contributed by atoms with van der Waals surface area (Å²) >= 11 is 4.79. The van der Waals surface area contributed by atoms with Crippen molar-refractivity contribution in [3.8, 4) is 0 Å². The van der Waals surface area contributed by atoms with Gasteiger partial charge in [0, 0.05) is 38.6 Å². The maximum atomic E-state index is 12.4. The molecule has 1 heterocycles.